The van der Waals surface area contributed by atoms with Gasteiger partial charge >= 0.3 is 0 Å². The van der Waals surface area contributed by atoms with E-state index >= 15 is 0 Å². The van der Waals surface area contributed by atoms with E-state index in [4.69, 9.17) is 0 Å². The Kier molecular flexibility index (Phi) is 5.46. The third kappa shape index (κ3) is 4.94. The van der Waals surface area contributed by atoms with Gasteiger partial charge < -0.3 is 10.6 Å². The van der Waals surface area contributed by atoms with Crippen LogP contribution < -0.4 is 10.6 Å². The molecule has 0 aliphatic carbocycles. The zero-order valence-corrected chi connectivity index (χ0v) is 14.2. The van der Waals surface area contributed by atoms with E-state index in [0.29, 0.717) is 13.0 Å². The van der Waals surface area contributed by atoms with Crippen LogP contribution in [0.25, 0.3) is 0 Å². The molecule has 1 aromatic heterocycles. The second-order valence-electron chi connectivity index (χ2n) is 5.92. The molecule has 3 rings (SSSR count). The molecule has 1 amide bonds. The highest BCUT2D eigenvalue weighted by molar-refractivity contribution is 5.90. The van der Waals surface area contributed by atoms with E-state index in [-0.39, 0.29) is 11.9 Å². The number of aromatic nitrogens is 2. The minimum absolute atomic E-state index is 0.0196. The summed E-state index contributed by atoms with van der Waals surface area (Å²) in [7, 11) is 0. The van der Waals surface area contributed by atoms with Crippen LogP contribution in [0.5, 0.6) is 0 Å². The molecule has 0 fully saturated rings. The molecule has 2 N–H and O–H groups in total. The Bertz CT molecular complexity index is 782. The Morgan fingerprint density at radius 1 is 1.04 bits per heavy atom. The van der Waals surface area contributed by atoms with Crippen molar-refractivity contribution in [1.82, 2.24) is 9.78 Å². The van der Waals surface area contributed by atoms with Crippen molar-refractivity contribution in [2.45, 2.75) is 25.9 Å². The van der Waals surface area contributed by atoms with Crippen LogP contribution in [0.3, 0.4) is 0 Å². The minimum Gasteiger partial charge on any atom is -0.379 e. The van der Waals surface area contributed by atoms with E-state index in [9.17, 15) is 4.79 Å². The first kappa shape index (κ1) is 16.8. The fourth-order valence-electron chi connectivity index (χ4n) is 2.60. The average Bonchev–Trinajstić information content (AvgIpc) is 3.16. The number of amides is 1. The molecule has 3 aromatic rings. The topological polar surface area (TPSA) is 58.9 Å². The lowest BCUT2D eigenvalue weighted by molar-refractivity contribution is -0.116. The highest BCUT2D eigenvalue weighted by Gasteiger charge is 2.06. The summed E-state index contributed by atoms with van der Waals surface area (Å²) in [6, 6.07) is 20.1. The third-order valence-corrected chi connectivity index (χ3v) is 3.98. The summed E-state index contributed by atoms with van der Waals surface area (Å²) in [6.45, 7) is 2.70. The molecule has 128 valence electrons. The van der Waals surface area contributed by atoms with Crippen molar-refractivity contribution in [2.24, 2.45) is 0 Å². The zero-order chi connectivity index (χ0) is 17.5. The molecule has 5 heteroatoms. The number of benzene rings is 2. The highest BCUT2D eigenvalue weighted by Crippen LogP contribution is 2.20. The van der Waals surface area contributed by atoms with Crippen molar-refractivity contribution in [3.63, 3.8) is 0 Å². The van der Waals surface area contributed by atoms with Crippen LogP contribution in [0.1, 0.15) is 24.9 Å². The van der Waals surface area contributed by atoms with E-state index in [2.05, 4.69) is 34.8 Å². The summed E-state index contributed by atoms with van der Waals surface area (Å²) in [5.74, 6) is -0.0196. The molecular formula is C20H22N4O. The van der Waals surface area contributed by atoms with Gasteiger partial charge in [-0.1, -0.05) is 30.3 Å². The molecule has 25 heavy (non-hydrogen) atoms. The number of hydrogen-bond acceptors (Lipinski definition) is 3. The average molecular weight is 334 g/mol. The fraction of sp³-hybridized carbons (Fsp3) is 0.200. The fourth-order valence-corrected chi connectivity index (χ4v) is 2.60. The van der Waals surface area contributed by atoms with Crippen molar-refractivity contribution >= 4 is 17.3 Å². The number of nitrogens with one attached hydrogen (secondary N) is 2. The molecule has 1 atom stereocenters. The molecule has 0 saturated carbocycles. The van der Waals surface area contributed by atoms with Crippen molar-refractivity contribution in [2.75, 3.05) is 10.6 Å². The maximum absolute atomic E-state index is 12.0. The summed E-state index contributed by atoms with van der Waals surface area (Å²) in [4.78, 5) is 12.0. The van der Waals surface area contributed by atoms with Gasteiger partial charge in [0.1, 0.15) is 0 Å². The summed E-state index contributed by atoms with van der Waals surface area (Å²) in [5.41, 5.74) is 3.05. The molecule has 5 nitrogen and oxygen atoms in total. The summed E-state index contributed by atoms with van der Waals surface area (Å²) in [6.07, 6.45) is 3.95. The van der Waals surface area contributed by atoms with Crippen molar-refractivity contribution in [3.8, 4) is 0 Å². The molecule has 0 bridgehead atoms. The third-order valence-electron chi connectivity index (χ3n) is 3.98. The number of carbonyl (C=O) groups is 1. The Hall–Kier alpha value is -3.08. The Morgan fingerprint density at radius 3 is 2.44 bits per heavy atom. The van der Waals surface area contributed by atoms with Gasteiger partial charge in [0.05, 0.1) is 0 Å². The molecule has 0 aliphatic rings. The SMILES string of the molecule is CC(Nc1ccc(NC(=O)CCn2cccn2)cc1)c1ccccc1. The number of nitrogens with zero attached hydrogens (tertiary/aromatic N) is 2. The van der Waals surface area contributed by atoms with Crippen molar-refractivity contribution in [1.29, 1.82) is 0 Å². The summed E-state index contributed by atoms with van der Waals surface area (Å²) in [5, 5.41) is 10.5. The molecular weight excluding hydrogens is 312 g/mol. The van der Waals surface area contributed by atoms with Crippen LogP contribution in [0.15, 0.2) is 73.1 Å². The lowest BCUT2D eigenvalue weighted by atomic mass is 10.1. The van der Waals surface area contributed by atoms with E-state index in [1.165, 1.54) is 5.56 Å². The number of hydrogen-bond donors (Lipinski definition) is 2. The maximum Gasteiger partial charge on any atom is 0.226 e. The molecule has 0 spiro atoms. The predicted molar refractivity (Wildman–Crippen MR) is 100 cm³/mol. The van der Waals surface area contributed by atoms with Gasteiger partial charge in [0.25, 0.3) is 0 Å². The highest BCUT2D eigenvalue weighted by atomic mass is 16.1. The summed E-state index contributed by atoms with van der Waals surface area (Å²) < 4.78 is 1.75. The number of anilines is 2. The minimum atomic E-state index is -0.0196. The van der Waals surface area contributed by atoms with Crippen LogP contribution in [-0.2, 0) is 11.3 Å². The monoisotopic (exact) mass is 334 g/mol. The lowest BCUT2D eigenvalue weighted by Gasteiger charge is -2.16. The van der Waals surface area contributed by atoms with Crippen LogP contribution in [0, 0.1) is 0 Å². The van der Waals surface area contributed by atoms with E-state index in [1.807, 2.05) is 54.7 Å². The second kappa shape index (κ2) is 8.15. The van der Waals surface area contributed by atoms with Crippen LogP contribution >= 0.6 is 0 Å². The molecule has 0 aliphatic heterocycles. The second-order valence-corrected chi connectivity index (χ2v) is 5.92. The van der Waals surface area contributed by atoms with Gasteiger partial charge in [-0.3, -0.25) is 9.48 Å². The van der Waals surface area contributed by atoms with Gasteiger partial charge in [0.15, 0.2) is 0 Å². The van der Waals surface area contributed by atoms with Gasteiger partial charge in [-0.15, -0.1) is 0 Å². The van der Waals surface area contributed by atoms with Crippen molar-refractivity contribution in [3.05, 3.63) is 78.6 Å². The normalized spacial score (nSPS) is 11.7. The maximum atomic E-state index is 12.0. The van der Waals surface area contributed by atoms with Gasteiger partial charge in [-0.2, -0.15) is 5.10 Å². The quantitative estimate of drug-likeness (QED) is 0.684. The van der Waals surface area contributed by atoms with Crippen LogP contribution in [0.2, 0.25) is 0 Å². The van der Waals surface area contributed by atoms with Gasteiger partial charge in [0, 0.05) is 42.8 Å². The number of aryl methyl sites for hydroxylation is 1. The van der Waals surface area contributed by atoms with Gasteiger partial charge in [0.2, 0.25) is 5.91 Å². The van der Waals surface area contributed by atoms with Gasteiger partial charge in [-0.05, 0) is 42.8 Å². The number of carbonyl (C=O) groups excluding carboxylic acids is 1. The smallest absolute Gasteiger partial charge is 0.226 e. The predicted octanol–water partition coefficient (Wildman–Crippen LogP) is 4.09. The first-order valence-electron chi connectivity index (χ1n) is 8.39. The standard InChI is InChI=1S/C20H22N4O/c1-16(17-6-3-2-4-7-17)22-18-8-10-19(11-9-18)23-20(25)12-15-24-14-5-13-21-24/h2-11,13-14,16,22H,12,15H2,1H3,(H,23,25). The molecule has 0 radical (unpaired) electrons. The van der Waals surface area contributed by atoms with Crippen LogP contribution in [0.4, 0.5) is 11.4 Å². The molecule has 0 saturated heterocycles. The number of rotatable bonds is 7. The van der Waals surface area contributed by atoms with E-state index < -0.39 is 0 Å². The Labute approximate surface area is 147 Å². The van der Waals surface area contributed by atoms with E-state index in [0.717, 1.165) is 11.4 Å². The largest absolute Gasteiger partial charge is 0.379 e. The summed E-state index contributed by atoms with van der Waals surface area (Å²) >= 11 is 0. The first-order chi connectivity index (χ1) is 12.2. The van der Waals surface area contributed by atoms with E-state index in [1.54, 1.807) is 10.9 Å². The van der Waals surface area contributed by atoms with Crippen molar-refractivity contribution < 1.29 is 4.79 Å². The molecule has 2 aromatic carbocycles. The lowest BCUT2D eigenvalue weighted by Crippen LogP contribution is -2.14. The first-order valence-corrected chi connectivity index (χ1v) is 8.39. The zero-order valence-electron chi connectivity index (χ0n) is 14.2. The molecule has 1 unspecified atom stereocenters. The molecule has 1 heterocycles. The Balaban J connectivity index is 1.50. The Morgan fingerprint density at radius 2 is 1.76 bits per heavy atom. The van der Waals surface area contributed by atoms with Gasteiger partial charge in [-0.25, -0.2) is 0 Å². The van der Waals surface area contributed by atoms with Crippen LogP contribution in [-0.4, -0.2) is 15.7 Å².